The Hall–Kier alpha value is -4.12. The molecule has 204 valence electrons. The molecule has 0 spiro atoms. The lowest BCUT2D eigenvalue weighted by Crippen LogP contribution is -2.19. The van der Waals surface area contributed by atoms with E-state index in [0.717, 1.165) is 58.4 Å². The fourth-order valence-corrected chi connectivity index (χ4v) is 5.66. The topological polar surface area (TPSA) is 95.2 Å². The number of fused-ring (bicyclic) bond motifs is 2. The minimum atomic E-state index is 0.0532. The predicted octanol–water partition coefficient (Wildman–Crippen LogP) is 8.19. The van der Waals surface area contributed by atoms with Gasteiger partial charge >= 0.3 is 0 Å². The lowest BCUT2D eigenvalue weighted by molar-refractivity contribution is 0.607. The Bertz CT molecular complexity index is 1460. The van der Waals surface area contributed by atoms with Gasteiger partial charge in [-0.25, -0.2) is 0 Å². The minimum absolute atomic E-state index is 0.0532. The van der Waals surface area contributed by atoms with Gasteiger partial charge in [0.25, 0.3) is 0 Å². The Labute approximate surface area is 239 Å². The summed E-state index contributed by atoms with van der Waals surface area (Å²) >= 11 is 0. The van der Waals surface area contributed by atoms with Crippen LogP contribution in [0.3, 0.4) is 0 Å². The monoisotopic (exact) mass is 528 g/mol. The van der Waals surface area contributed by atoms with Gasteiger partial charge < -0.3 is 0 Å². The summed E-state index contributed by atoms with van der Waals surface area (Å²) in [6.07, 6.45) is 16.3. The van der Waals surface area contributed by atoms with Gasteiger partial charge in [0.05, 0.1) is 0 Å². The summed E-state index contributed by atoms with van der Waals surface area (Å²) in [6.45, 7) is 4.44. The third-order valence-electron chi connectivity index (χ3n) is 7.83. The maximum atomic E-state index is 9.92. The third-order valence-corrected chi connectivity index (χ3v) is 7.83. The summed E-state index contributed by atoms with van der Waals surface area (Å²) in [5.41, 5.74) is 2.38. The Morgan fingerprint density at radius 3 is 1.18 bits per heavy atom. The third kappa shape index (κ3) is 7.50. The lowest BCUT2D eigenvalue weighted by Gasteiger charge is -2.12. The van der Waals surface area contributed by atoms with Gasteiger partial charge in [0, 0.05) is 10.4 Å². The molecule has 0 aliphatic heterocycles. The molecule has 0 atom stereocenters. The molecule has 0 radical (unpaired) electrons. The maximum Gasteiger partial charge on any atom is 0.138 e. The average molecular weight is 529 g/mol. The van der Waals surface area contributed by atoms with Crippen molar-refractivity contribution in [3.63, 3.8) is 0 Å². The number of unbranched alkanes of at least 4 members (excludes halogenated alkanes) is 10. The molecule has 3 aromatic rings. The standard InChI is InChI=1S/C36H40N4/c1-3-5-7-9-11-13-15-27-17-19-31-33(21-27)35(29(23-37)24-38)32-20-18-28(16-14-12-10-8-6-4-2)22-34(32)36(31)30(25-39)26-40/h17-22H,3-16H2,1-2H3. The number of aryl methyl sites for hydroxylation is 2. The van der Waals surface area contributed by atoms with Crippen LogP contribution in [0.5, 0.6) is 0 Å². The Balaban J connectivity index is 2.18. The zero-order valence-corrected chi connectivity index (χ0v) is 24.2. The van der Waals surface area contributed by atoms with Crippen LogP contribution < -0.4 is 10.4 Å². The van der Waals surface area contributed by atoms with Crippen LogP contribution in [0.2, 0.25) is 0 Å². The number of benzene rings is 3. The molecule has 0 aliphatic rings. The molecule has 0 N–H and O–H groups in total. The lowest BCUT2D eigenvalue weighted by atomic mass is 9.90. The van der Waals surface area contributed by atoms with Crippen molar-refractivity contribution >= 4 is 32.7 Å². The van der Waals surface area contributed by atoms with Crippen LogP contribution in [-0.2, 0) is 12.8 Å². The van der Waals surface area contributed by atoms with E-state index in [2.05, 4.69) is 62.4 Å². The first-order valence-corrected chi connectivity index (χ1v) is 15.0. The summed E-state index contributed by atoms with van der Waals surface area (Å²) in [5.74, 6) is 0. The first-order valence-electron chi connectivity index (χ1n) is 15.0. The molecule has 3 rings (SSSR count). The molecule has 0 saturated heterocycles. The molecule has 0 unspecified atom stereocenters. The van der Waals surface area contributed by atoms with Gasteiger partial charge in [0.1, 0.15) is 35.4 Å². The normalized spacial score (nSPS) is 10.6. The smallest absolute Gasteiger partial charge is 0.138 e. The Morgan fingerprint density at radius 2 is 0.825 bits per heavy atom. The van der Waals surface area contributed by atoms with Crippen LogP contribution >= 0.6 is 0 Å². The molecular formula is C36H40N4. The molecule has 0 heterocycles. The van der Waals surface area contributed by atoms with Crippen molar-refractivity contribution in [1.82, 2.24) is 0 Å². The number of hydrogen-bond acceptors (Lipinski definition) is 4. The van der Waals surface area contributed by atoms with Crippen LogP contribution in [0.15, 0.2) is 36.4 Å². The summed E-state index contributed by atoms with van der Waals surface area (Å²) in [5, 5.41) is 43.9. The quantitative estimate of drug-likeness (QED) is 0.156. The van der Waals surface area contributed by atoms with Gasteiger partial charge in [0.15, 0.2) is 0 Å². The van der Waals surface area contributed by atoms with Crippen molar-refractivity contribution in [2.24, 2.45) is 0 Å². The summed E-state index contributed by atoms with van der Waals surface area (Å²) in [4.78, 5) is 0. The molecule has 4 nitrogen and oxygen atoms in total. The largest absolute Gasteiger partial charge is 0.192 e. The van der Waals surface area contributed by atoms with Crippen molar-refractivity contribution in [2.45, 2.75) is 104 Å². The van der Waals surface area contributed by atoms with Gasteiger partial charge in [-0.2, -0.15) is 21.0 Å². The van der Waals surface area contributed by atoms with E-state index in [4.69, 9.17) is 0 Å². The molecule has 4 heteroatoms. The maximum absolute atomic E-state index is 9.92. The zero-order valence-electron chi connectivity index (χ0n) is 24.2. The van der Waals surface area contributed by atoms with E-state index >= 15 is 0 Å². The molecule has 0 amide bonds. The fraction of sp³-hybridized carbons (Fsp3) is 0.444. The highest BCUT2D eigenvalue weighted by atomic mass is 14.3. The highest BCUT2D eigenvalue weighted by molar-refractivity contribution is 6.06. The van der Waals surface area contributed by atoms with Gasteiger partial charge in [-0.05, 0) is 58.4 Å². The van der Waals surface area contributed by atoms with E-state index in [0.29, 0.717) is 10.4 Å². The van der Waals surface area contributed by atoms with Crippen LogP contribution in [0.25, 0.3) is 32.7 Å². The van der Waals surface area contributed by atoms with Crippen LogP contribution in [0, 0.1) is 45.3 Å². The van der Waals surface area contributed by atoms with Crippen LogP contribution in [0.4, 0.5) is 0 Å². The number of nitriles is 4. The second-order valence-corrected chi connectivity index (χ2v) is 10.7. The predicted molar refractivity (Wildman–Crippen MR) is 164 cm³/mol. The van der Waals surface area contributed by atoms with Gasteiger partial charge in [-0.1, -0.05) is 114 Å². The van der Waals surface area contributed by atoms with E-state index in [1.807, 2.05) is 12.1 Å². The molecule has 0 bridgehead atoms. The molecule has 0 saturated carbocycles. The molecule has 0 aliphatic carbocycles. The first-order chi connectivity index (χ1) is 19.6. The van der Waals surface area contributed by atoms with Crippen molar-refractivity contribution in [2.75, 3.05) is 0 Å². The minimum Gasteiger partial charge on any atom is -0.192 e. The summed E-state index contributed by atoms with van der Waals surface area (Å²) in [7, 11) is 0. The number of rotatable bonds is 14. The van der Waals surface area contributed by atoms with E-state index in [1.54, 1.807) is 0 Å². The number of hydrogen-bond donors (Lipinski definition) is 0. The molecule has 3 aromatic carbocycles. The number of nitrogens with zero attached hydrogens (tertiary/aromatic N) is 4. The summed E-state index contributed by atoms with van der Waals surface area (Å²) in [6, 6.07) is 20.7. The highest BCUT2D eigenvalue weighted by Gasteiger charge is 2.14. The summed E-state index contributed by atoms with van der Waals surface area (Å²) < 4.78 is 0. The van der Waals surface area contributed by atoms with Gasteiger partial charge in [-0.3, -0.25) is 0 Å². The molecule has 0 aromatic heterocycles. The van der Waals surface area contributed by atoms with E-state index < -0.39 is 0 Å². The highest BCUT2D eigenvalue weighted by Crippen LogP contribution is 2.22. The Morgan fingerprint density at radius 1 is 0.475 bits per heavy atom. The van der Waals surface area contributed by atoms with Crippen molar-refractivity contribution in [1.29, 1.82) is 21.0 Å². The molecule has 40 heavy (non-hydrogen) atoms. The van der Waals surface area contributed by atoms with Gasteiger partial charge in [-0.15, -0.1) is 0 Å². The average Bonchev–Trinajstić information content (AvgIpc) is 2.98. The SMILES string of the molecule is CCCCCCCCc1ccc2c(=C(C#N)C#N)c3cc(CCCCCCCC)ccc3c(=C(C#N)C#N)c2c1. The van der Waals surface area contributed by atoms with E-state index in [1.165, 1.54) is 64.2 Å². The van der Waals surface area contributed by atoms with Crippen LogP contribution in [-0.4, -0.2) is 0 Å². The van der Waals surface area contributed by atoms with Crippen molar-refractivity contribution in [3.05, 3.63) is 58.0 Å². The Kier molecular flexibility index (Phi) is 12.2. The van der Waals surface area contributed by atoms with Crippen LogP contribution in [0.1, 0.15) is 102 Å². The second-order valence-electron chi connectivity index (χ2n) is 10.7. The van der Waals surface area contributed by atoms with E-state index in [-0.39, 0.29) is 11.1 Å². The second kappa shape index (κ2) is 16.1. The first kappa shape index (κ1) is 30.4. The molecule has 0 fully saturated rings. The van der Waals surface area contributed by atoms with Crippen molar-refractivity contribution < 1.29 is 0 Å². The van der Waals surface area contributed by atoms with Crippen molar-refractivity contribution in [3.8, 4) is 24.3 Å². The zero-order chi connectivity index (χ0) is 28.7. The molecular weight excluding hydrogens is 488 g/mol. The van der Waals surface area contributed by atoms with Gasteiger partial charge in [0.2, 0.25) is 0 Å². The fourth-order valence-electron chi connectivity index (χ4n) is 5.66. The van der Waals surface area contributed by atoms with E-state index in [9.17, 15) is 21.0 Å².